The number of nitrogens with two attached hydrogens (primary N) is 1. The molecule has 15 heavy (non-hydrogen) atoms. The Morgan fingerprint density at radius 1 is 1.40 bits per heavy atom. The summed E-state index contributed by atoms with van der Waals surface area (Å²) < 4.78 is 38.3. The van der Waals surface area contributed by atoms with Crippen LogP contribution in [0.2, 0.25) is 0 Å². The van der Waals surface area contributed by atoms with Gasteiger partial charge in [-0.05, 0) is 25.8 Å². The van der Waals surface area contributed by atoms with Crippen LogP contribution in [0.15, 0.2) is 0 Å². The number of nitrogens with zero attached hydrogens (tertiary/aromatic N) is 2. The number of aromatic nitrogens is 2. The molecule has 1 aromatic heterocycles. The van der Waals surface area contributed by atoms with E-state index >= 15 is 0 Å². The van der Waals surface area contributed by atoms with E-state index in [9.17, 15) is 13.2 Å². The van der Waals surface area contributed by atoms with Gasteiger partial charge in [-0.25, -0.2) is 0 Å². The Kier molecular flexibility index (Phi) is 3.08. The van der Waals surface area contributed by atoms with E-state index in [2.05, 4.69) is 5.10 Å². The third kappa shape index (κ3) is 2.50. The van der Waals surface area contributed by atoms with Crippen molar-refractivity contribution in [2.75, 3.05) is 0 Å². The molecule has 0 aliphatic carbocycles. The number of rotatable bonds is 2. The number of hydrogen-bond acceptors (Lipinski definition) is 2. The monoisotopic (exact) mass is 221 g/mol. The van der Waals surface area contributed by atoms with Crippen LogP contribution in [-0.4, -0.2) is 22.0 Å². The minimum absolute atomic E-state index is 0.213. The highest BCUT2D eigenvalue weighted by Crippen LogP contribution is 2.23. The van der Waals surface area contributed by atoms with Gasteiger partial charge in [0.25, 0.3) is 0 Å². The van der Waals surface area contributed by atoms with Crippen LogP contribution in [-0.2, 0) is 13.5 Å². The Labute approximate surface area is 86.1 Å². The first kappa shape index (κ1) is 12.0. The van der Waals surface area contributed by atoms with Gasteiger partial charge < -0.3 is 5.73 Å². The van der Waals surface area contributed by atoms with Gasteiger partial charge in [-0.3, -0.25) is 4.68 Å². The lowest BCUT2D eigenvalue weighted by atomic mass is 10.0. The summed E-state index contributed by atoms with van der Waals surface area (Å²) in [6.07, 6.45) is -4.57. The Hall–Kier alpha value is -1.04. The van der Waals surface area contributed by atoms with E-state index < -0.39 is 12.2 Å². The van der Waals surface area contributed by atoms with Crippen molar-refractivity contribution in [2.24, 2.45) is 12.8 Å². The van der Waals surface area contributed by atoms with E-state index in [1.165, 1.54) is 0 Å². The minimum Gasteiger partial charge on any atom is -0.320 e. The Morgan fingerprint density at radius 2 is 1.93 bits per heavy atom. The van der Waals surface area contributed by atoms with E-state index in [4.69, 9.17) is 5.73 Å². The van der Waals surface area contributed by atoms with Crippen LogP contribution in [0.3, 0.4) is 0 Å². The molecule has 0 amide bonds. The fourth-order valence-corrected chi connectivity index (χ4v) is 1.45. The molecular formula is C9H14F3N3. The summed E-state index contributed by atoms with van der Waals surface area (Å²) in [5.74, 6) is 0. The van der Waals surface area contributed by atoms with E-state index in [1.54, 1.807) is 25.6 Å². The molecular weight excluding hydrogens is 207 g/mol. The normalized spacial score (nSPS) is 14.3. The van der Waals surface area contributed by atoms with Crippen LogP contribution in [0.5, 0.6) is 0 Å². The van der Waals surface area contributed by atoms with Gasteiger partial charge in [-0.15, -0.1) is 0 Å². The average Bonchev–Trinajstić information content (AvgIpc) is 2.30. The first-order valence-electron chi connectivity index (χ1n) is 4.55. The summed E-state index contributed by atoms with van der Waals surface area (Å²) in [6.45, 7) is 3.42. The van der Waals surface area contributed by atoms with Gasteiger partial charge in [-0.1, -0.05) is 0 Å². The first-order chi connectivity index (χ1) is 6.73. The van der Waals surface area contributed by atoms with Crippen LogP contribution in [0.1, 0.15) is 17.0 Å². The molecule has 2 N–H and O–H groups in total. The maximum Gasteiger partial charge on any atom is 0.403 e. The second-order valence-electron chi connectivity index (χ2n) is 3.63. The summed E-state index contributed by atoms with van der Waals surface area (Å²) in [7, 11) is 1.70. The maximum atomic E-state index is 12.3. The number of alkyl halides is 3. The van der Waals surface area contributed by atoms with Gasteiger partial charge in [0.1, 0.15) is 6.04 Å². The van der Waals surface area contributed by atoms with Gasteiger partial charge in [0, 0.05) is 12.7 Å². The van der Waals surface area contributed by atoms with Crippen molar-refractivity contribution >= 4 is 0 Å². The van der Waals surface area contributed by atoms with Gasteiger partial charge >= 0.3 is 6.18 Å². The minimum atomic E-state index is -4.35. The highest BCUT2D eigenvalue weighted by atomic mass is 19.4. The van der Waals surface area contributed by atoms with E-state index in [1.807, 2.05) is 0 Å². The third-order valence-electron chi connectivity index (χ3n) is 2.50. The maximum absolute atomic E-state index is 12.3. The van der Waals surface area contributed by atoms with Crippen molar-refractivity contribution in [1.82, 2.24) is 9.78 Å². The van der Waals surface area contributed by atoms with Crippen molar-refractivity contribution in [3.63, 3.8) is 0 Å². The van der Waals surface area contributed by atoms with Crippen LogP contribution in [0.4, 0.5) is 13.2 Å². The van der Waals surface area contributed by atoms with E-state index in [-0.39, 0.29) is 6.42 Å². The summed E-state index contributed by atoms with van der Waals surface area (Å²) in [4.78, 5) is 0. The molecule has 0 saturated heterocycles. The summed E-state index contributed by atoms with van der Waals surface area (Å²) >= 11 is 0. The quantitative estimate of drug-likeness (QED) is 0.821. The largest absolute Gasteiger partial charge is 0.403 e. The summed E-state index contributed by atoms with van der Waals surface area (Å²) in [6, 6.07) is -1.82. The molecule has 3 nitrogen and oxygen atoms in total. The van der Waals surface area contributed by atoms with E-state index in [0.29, 0.717) is 11.3 Å². The predicted molar refractivity (Wildman–Crippen MR) is 50.4 cm³/mol. The summed E-state index contributed by atoms with van der Waals surface area (Å²) in [5.41, 5.74) is 6.99. The smallest absolute Gasteiger partial charge is 0.320 e. The van der Waals surface area contributed by atoms with Crippen molar-refractivity contribution < 1.29 is 13.2 Å². The molecule has 1 unspecified atom stereocenters. The molecule has 86 valence electrons. The van der Waals surface area contributed by atoms with Gasteiger partial charge in [0.05, 0.1) is 5.69 Å². The molecule has 0 aromatic carbocycles. The van der Waals surface area contributed by atoms with Crippen LogP contribution < -0.4 is 5.73 Å². The number of hydrogen-bond donors (Lipinski definition) is 1. The Bertz CT molecular complexity index is 354. The molecule has 0 aliphatic rings. The second-order valence-corrected chi connectivity index (χ2v) is 3.63. The molecule has 0 spiro atoms. The zero-order valence-electron chi connectivity index (χ0n) is 8.89. The Morgan fingerprint density at radius 3 is 2.27 bits per heavy atom. The SMILES string of the molecule is Cc1nn(C)c(C)c1CC(N)C(F)(F)F. The second kappa shape index (κ2) is 3.84. The highest BCUT2D eigenvalue weighted by molar-refractivity contribution is 5.25. The topological polar surface area (TPSA) is 43.8 Å². The van der Waals surface area contributed by atoms with Crippen LogP contribution in [0.25, 0.3) is 0 Å². The van der Waals surface area contributed by atoms with Crippen LogP contribution in [0, 0.1) is 13.8 Å². The van der Waals surface area contributed by atoms with Crippen LogP contribution >= 0.6 is 0 Å². The number of halogens is 3. The van der Waals surface area contributed by atoms with Crippen molar-refractivity contribution in [2.45, 2.75) is 32.5 Å². The van der Waals surface area contributed by atoms with Gasteiger partial charge in [0.15, 0.2) is 0 Å². The fraction of sp³-hybridized carbons (Fsp3) is 0.667. The standard InChI is InChI=1S/C9H14F3N3/c1-5-7(6(2)15(3)14-5)4-8(13)9(10,11)12/h8H,4,13H2,1-3H3. The average molecular weight is 221 g/mol. The molecule has 0 fully saturated rings. The number of aryl methyl sites for hydroxylation is 2. The van der Waals surface area contributed by atoms with Crippen molar-refractivity contribution in [3.8, 4) is 0 Å². The summed E-state index contributed by atoms with van der Waals surface area (Å²) in [5, 5.41) is 4.04. The van der Waals surface area contributed by atoms with Gasteiger partial charge in [0.2, 0.25) is 0 Å². The molecule has 1 heterocycles. The lowest BCUT2D eigenvalue weighted by Crippen LogP contribution is -2.39. The molecule has 1 rings (SSSR count). The lowest BCUT2D eigenvalue weighted by molar-refractivity contribution is -0.147. The molecule has 1 atom stereocenters. The highest BCUT2D eigenvalue weighted by Gasteiger charge is 2.37. The molecule has 0 saturated carbocycles. The molecule has 0 radical (unpaired) electrons. The predicted octanol–water partition coefficient (Wildman–Crippen LogP) is 1.47. The molecule has 1 aromatic rings. The molecule has 0 bridgehead atoms. The fourth-order valence-electron chi connectivity index (χ4n) is 1.45. The Balaban J connectivity index is 2.90. The zero-order valence-corrected chi connectivity index (χ0v) is 8.89. The lowest BCUT2D eigenvalue weighted by Gasteiger charge is -2.15. The first-order valence-corrected chi connectivity index (χ1v) is 4.55. The van der Waals surface area contributed by atoms with Crippen molar-refractivity contribution in [1.29, 1.82) is 0 Å². The molecule has 6 heteroatoms. The van der Waals surface area contributed by atoms with E-state index in [0.717, 1.165) is 5.69 Å². The van der Waals surface area contributed by atoms with Gasteiger partial charge in [-0.2, -0.15) is 18.3 Å². The zero-order chi connectivity index (χ0) is 11.8. The third-order valence-corrected chi connectivity index (χ3v) is 2.50. The molecule has 0 aliphatic heterocycles. The van der Waals surface area contributed by atoms with Crippen molar-refractivity contribution in [3.05, 3.63) is 17.0 Å².